The normalized spacial score (nSPS) is 13.2. The maximum absolute atomic E-state index is 12.5. The molecular weight excluding hydrogens is 348 g/mol. The number of nitrogens with zero attached hydrogens (tertiary/aromatic N) is 1. The number of fused-ring (bicyclic) bond motifs is 1. The zero-order valence-corrected chi connectivity index (χ0v) is 14.9. The van der Waals surface area contributed by atoms with Crippen molar-refractivity contribution < 1.29 is 23.9 Å². The Labute approximate surface area is 156 Å². The van der Waals surface area contributed by atoms with Crippen molar-refractivity contribution >= 4 is 29.2 Å². The molecule has 2 aromatic rings. The molecule has 7 nitrogen and oxygen atoms in total. The standard InChI is InChI=1S/C20H18N2O5/c1-26-18(23)11-17(20(25)27-2)21-14-7-9-15(10-8-14)22-12-13-5-3-4-6-16(13)19(22)24/h3-11,21H,12H2,1-2H3/b17-11+. The Morgan fingerprint density at radius 3 is 2.37 bits per heavy atom. The highest BCUT2D eigenvalue weighted by Crippen LogP contribution is 2.29. The molecule has 0 unspecified atom stereocenters. The van der Waals surface area contributed by atoms with E-state index in [1.165, 1.54) is 14.2 Å². The van der Waals surface area contributed by atoms with Gasteiger partial charge in [0.1, 0.15) is 5.70 Å². The van der Waals surface area contributed by atoms with Crippen molar-refractivity contribution in [3.8, 4) is 0 Å². The van der Waals surface area contributed by atoms with Crippen LogP contribution in [0.5, 0.6) is 0 Å². The zero-order valence-electron chi connectivity index (χ0n) is 14.9. The van der Waals surface area contributed by atoms with Crippen molar-refractivity contribution in [2.24, 2.45) is 0 Å². The summed E-state index contributed by atoms with van der Waals surface area (Å²) >= 11 is 0. The second kappa shape index (κ2) is 7.74. The molecule has 0 fully saturated rings. The Morgan fingerprint density at radius 1 is 1.04 bits per heavy atom. The van der Waals surface area contributed by atoms with E-state index in [9.17, 15) is 14.4 Å². The fourth-order valence-electron chi connectivity index (χ4n) is 2.78. The average molecular weight is 366 g/mol. The van der Waals surface area contributed by atoms with Gasteiger partial charge in [-0.2, -0.15) is 0 Å². The molecule has 1 aliphatic rings. The minimum absolute atomic E-state index is 0.0489. The minimum atomic E-state index is -0.699. The summed E-state index contributed by atoms with van der Waals surface area (Å²) in [5.74, 6) is -1.43. The van der Waals surface area contributed by atoms with Gasteiger partial charge in [0.05, 0.1) is 26.8 Å². The fourth-order valence-corrected chi connectivity index (χ4v) is 2.78. The molecule has 0 saturated heterocycles. The first-order valence-corrected chi connectivity index (χ1v) is 8.18. The quantitative estimate of drug-likeness (QED) is 0.646. The third-order valence-electron chi connectivity index (χ3n) is 4.15. The van der Waals surface area contributed by atoms with Gasteiger partial charge in [-0.25, -0.2) is 9.59 Å². The van der Waals surface area contributed by atoms with Crippen molar-refractivity contribution in [1.82, 2.24) is 0 Å². The number of nitrogens with one attached hydrogen (secondary N) is 1. The van der Waals surface area contributed by atoms with Gasteiger partial charge in [0.15, 0.2) is 0 Å². The number of methoxy groups -OCH3 is 2. The van der Waals surface area contributed by atoms with Gasteiger partial charge in [-0.15, -0.1) is 0 Å². The van der Waals surface area contributed by atoms with Gasteiger partial charge in [0.2, 0.25) is 0 Å². The van der Waals surface area contributed by atoms with Crippen LogP contribution in [0.15, 0.2) is 60.3 Å². The second-order valence-electron chi connectivity index (χ2n) is 5.79. The van der Waals surface area contributed by atoms with E-state index in [4.69, 9.17) is 0 Å². The number of carbonyl (C=O) groups is 3. The van der Waals surface area contributed by atoms with Crippen LogP contribution < -0.4 is 10.2 Å². The molecule has 7 heteroatoms. The Kier molecular flexibility index (Phi) is 5.21. The van der Waals surface area contributed by atoms with Gasteiger partial charge >= 0.3 is 11.9 Å². The molecule has 0 atom stereocenters. The van der Waals surface area contributed by atoms with Crippen molar-refractivity contribution in [1.29, 1.82) is 0 Å². The zero-order chi connectivity index (χ0) is 19.4. The summed E-state index contributed by atoms with van der Waals surface area (Å²) in [5.41, 5.74) is 2.93. The largest absolute Gasteiger partial charge is 0.466 e. The molecule has 27 heavy (non-hydrogen) atoms. The van der Waals surface area contributed by atoms with Gasteiger partial charge in [-0.1, -0.05) is 18.2 Å². The number of rotatable bonds is 5. The van der Waals surface area contributed by atoms with E-state index in [-0.39, 0.29) is 11.6 Å². The maximum Gasteiger partial charge on any atom is 0.354 e. The third-order valence-corrected chi connectivity index (χ3v) is 4.15. The molecule has 1 aliphatic heterocycles. The summed E-state index contributed by atoms with van der Waals surface area (Å²) in [5, 5.41) is 2.82. The average Bonchev–Trinajstić information content (AvgIpc) is 3.04. The third kappa shape index (κ3) is 3.82. The number of amides is 1. The minimum Gasteiger partial charge on any atom is -0.466 e. The Bertz CT molecular complexity index is 918. The molecule has 0 radical (unpaired) electrons. The van der Waals surface area contributed by atoms with Gasteiger partial charge in [-0.3, -0.25) is 4.79 Å². The van der Waals surface area contributed by atoms with Crippen LogP contribution in [-0.4, -0.2) is 32.1 Å². The topological polar surface area (TPSA) is 84.9 Å². The number of carbonyl (C=O) groups excluding carboxylic acids is 3. The highest BCUT2D eigenvalue weighted by Gasteiger charge is 2.27. The molecule has 1 N–H and O–H groups in total. The van der Waals surface area contributed by atoms with Crippen molar-refractivity contribution in [3.05, 3.63) is 71.4 Å². The highest BCUT2D eigenvalue weighted by molar-refractivity contribution is 6.10. The van der Waals surface area contributed by atoms with Crippen LogP contribution in [0.2, 0.25) is 0 Å². The molecule has 2 aromatic carbocycles. The molecule has 0 aliphatic carbocycles. The lowest BCUT2D eigenvalue weighted by atomic mass is 10.1. The number of hydrogen-bond acceptors (Lipinski definition) is 6. The van der Waals surface area contributed by atoms with Crippen molar-refractivity contribution in [2.45, 2.75) is 6.54 Å². The lowest BCUT2D eigenvalue weighted by molar-refractivity contribution is -0.138. The first-order valence-electron chi connectivity index (χ1n) is 8.18. The van der Waals surface area contributed by atoms with Gasteiger partial charge in [0.25, 0.3) is 5.91 Å². The SMILES string of the molecule is COC(=O)/C=C(/Nc1ccc(N2Cc3ccccc3C2=O)cc1)C(=O)OC. The Hall–Kier alpha value is -3.61. The van der Waals surface area contributed by atoms with E-state index in [1.54, 1.807) is 29.2 Å². The van der Waals surface area contributed by atoms with E-state index in [1.807, 2.05) is 24.3 Å². The van der Waals surface area contributed by atoms with Crippen LogP contribution in [0, 0.1) is 0 Å². The van der Waals surface area contributed by atoms with Crippen molar-refractivity contribution in [3.63, 3.8) is 0 Å². The van der Waals surface area contributed by atoms with Gasteiger partial charge in [-0.05, 0) is 35.9 Å². The molecule has 1 amide bonds. The fraction of sp³-hybridized carbons (Fsp3) is 0.150. The van der Waals surface area contributed by atoms with Gasteiger partial charge in [0, 0.05) is 16.9 Å². The summed E-state index contributed by atoms with van der Waals surface area (Å²) in [7, 11) is 2.43. The molecule has 0 spiro atoms. The number of esters is 2. The molecule has 0 saturated carbocycles. The molecule has 3 rings (SSSR count). The second-order valence-corrected chi connectivity index (χ2v) is 5.79. The summed E-state index contributed by atoms with van der Waals surface area (Å²) < 4.78 is 9.19. The first kappa shape index (κ1) is 18.2. The molecule has 138 valence electrons. The van der Waals surface area contributed by atoms with Crippen LogP contribution in [-0.2, 0) is 25.6 Å². The summed E-state index contributed by atoms with van der Waals surface area (Å²) in [6, 6.07) is 14.4. The lowest BCUT2D eigenvalue weighted by Crippen LogP contribution is -2.22. The van der Waals surface area contributed by atoms with E-state index < -0.39 is 11.9 Å². The van der Waals surface area contributed by atoms with E-state index in [0.717, 1.165) is 17.3 Å². The number of hydrogen-bond donors (Lipinski definition) is 1. The highest BCUT2D eigenvalue weighted by atomic mass is 16.5. The monoisotopic (exact) mass is 366 g/mol. The molecule has 1 heterocycles. The number of benzene rings is 2. The maximum atomic E-state index is 12.5. The van der Waals surface area contributed by atoms with Crippen LogP contribution in [0.1, 0.15) is 15.9 Å². The molecule has 0 bridgehead atoms. The van der Waals surface area contributed by atoms with E-state index in [2.05, 4.69) is 14.8 Å². The Balaban J connectivity index is 1.78. The Morgan fingerprint density at radius 2 is 1.74 bits per heavy atom. The summed E-state index contributed by atoms with van der Waals surface area (Å²) in [6.07, 6.45) is 1.01. The van der Waals surface area contributed by atoms with Crippen LogP contribution in [0.25, 0.3) is 0 Å². The number of ether oxygens (including phenoxy) is 2. The molecule has 0 aromatic heterocycles. The first-order chi connectivity index (χ1) is 13.0. The van der Waals surface area contributed by atoms with E-state index >= 15 is 0 Å². The predicted molar refractivity (Wildman–Crippen MR) is 99.1 cm³/mol. The van der Waals surface area contributed by atoms with Gasteiger partial charge < -0.3 is 19.7 Å². The predicted octanol–water partition coefficient (Wildman–Crippen LogP) is 2.49. The van der Waals surface area contributed by atoms with Crippen molar-refractivity contribution in [2.75, 3.05) is 24.4 Å². The lowest BCUT2D eigenvalue weighted by Gasteiger charge is -2.16. The van der Waals surface area contributed by atoms with Crippen LogP contribution in [0.4, 0.5) is 11.4 Å². The number of anilines is 2. The van der Waals surface area contributed by atoms with Crippen LogP contribution >= 0.6 is 0 Å². The molecular formula is C20H18N2O5. The van der Waals surface area contributed by atoms with Crippen LogP contribution in [0.3, 0.4) is 0 Å². The smallest absolute Gasteiger partial charge is 0.354 e. The van der Waals surface area contributed by atoms with E-state index in [0.29, 0.717) is 17.8 Å². The summed E-state index contributed by atoms with van der Waals surface area (Å²) in [4.78, 5) is 37.4. The summed E-state index contributed by atoms with van der Waals surface area (Å²) in [6.45, 7) is 0.511.